The predicted molar refractivity (Wildman–Crippen MR) is 76.4 cm³/mol. The van der Waals surface area contributed by atoms with Crippen LogP contribution in [0.2, 0.25) is 0 Å². The maximum absolute atomic E-state index is 11.4. The summed E-state index contributed by atoms with van der Waals surface area (Å²) in [7, 11) is 1.39. The van der Waals surface area contributed by atoms with Crippen molar-refractivity contribution < 1.29 is 14.3 Å². The molecule has 0 radical (unpaired) electrons. The zero-order valence-corrected chi connectivity index (χ0v) is 12.1. The van der Waals surface area contributed by atoms with E-state index < -0.39 is 0 Å². The van der Waals surface area contributed by atoms with Gasteiger partial charge in [0.1, 0.15) is 12.4 Å². The normalized spacial score (nSPS) is 11.5. The molecule has 1 rings (SSSR count). The Morgan fingerprint density at radius 3 is 2.58 bits per heavy atom. The number of hydrogen-bond donors (Lipinski definition) is 0. The Kier molecular flexibility index (Phi) is 6.13. The summed E-state index contributed by atoms with van der Waals surface area (Å²) in [5.41, 5.74) is 1.82. The first-order chi connectivity index (χ1) is 9.10. The first kappa shape index (κ1) is 15.3. The van der Waals surface area contributed by atoms with Crippen LogP contribution in [0.3, 0.4) is 0 Å². The minimum absolute atomic E-state index is 0.289. The first-order valence-electron chi connectivity index (χ1n) is 6.59. The van der Waals surface area contributed by atoms with Gasteiger partial charge in [0.2, 0.25) is 0 Å². The molecule has 0 aliphatic heterocycles. The van der Waals surface area contributed by atoms with E-state index in [1.165, 1.54) is 12.7 Å². The SMILES string of the molecule is CCC(=CCOc1ccccc1C(C)C)C(=O)OC. The molecule has 0 aromatic heterocycles. The molecule has 1 aromatic rings. The summed E-state index contributed by atoms with van der Waals surface area (Å²) in [4.78, 5) is 11.4. The molecule has 19 heavy (non-hydrogen) atoms. The number of esters is 1. The second-order valence-electron chi connectivity index (χ2n) is 4.58. The number of carbonyl (C=O) groups is 1. The third-order valence-corrected chi connectivity index (χ3v) is 2.94. The molecule has 104 valence electrons. The van der Waals surface area contributed by atoms with Crippen molar-refractivity contribution in [3.05, 3.63) is 41.5 Å². The van der Waals surface area contributed by atoms with E-state index in [9.17, 15) is 4.79 Å². The van der Waals surface area contributed by atoms with Crippen LogP contribution in [0.5, 0.6) is 5.75 Å². The molecule has 0 saturated heterocycles. The van der Waals surface area contributed by atoms with Crippen molar-refractivity contribution in [1.82, 2.24) is 0 Å². The second kappa shape index (κ2) is 7.62. The zero-order valence-electron chi connectivity index (χ0n) is 12.1. The van der Waals surface area contributed by atoms with Crippen LogP contribution in [0, 0.1) is 0 Å². The van der Waals surface area contributed by atoms with Gasteiger partial charge in [-0.25, -0.2) is 4.79 Å². The van der Waals surface area contributed by atoms with Gasteiger partial charge >= 0.3 is 5.97 Å². The quantitative estimate of drug-likeness (QED) is 0.579. The van der Waals surface area contributed by atoms with Gasteiger partial charge in [0.15, 0.2) is 0 Å². The van der Waals surface area contributed by atoms with Crippen LogP contribution in [0.15, 0.2) is 35.9 Å². The summed E-state index contributed by atoms with van der Waals surface area (Å²) in [5.74, 6) is 0.990. The van der Waals surface area contributed by atoms with Crippen molar-refractivity contribution in [3.63, 3.8) is 0 Å². The lowest BCUT2D eigenvalue weighted by molar-refractivity contribution is -0.136. The second-order valence-corrected chi connectivity index (χ2v) is 4.58. The fourth-order valence-electron chi connectivity index (χ4n) is 1.82. The Bertz CT molecular complexity index is 447. The van der Waals surface area contributed by atoms with Crippen molar-refractivity contribution in [1.29, 1.82) is 0 Å². The number of hydrogen-bond acceptors (Lipinski definition) is 3. The van der Waals surface area contributed by atoms with E-state index >= 15 is 0 Å². The van der Waals surface area contributed by atoms with Gasteiger partial charge in [0, 0.05) is 5.57 Å². The molecule has 0 fully saturated rings. The van der Waals surface area contributed by atoms with Gasteiger partial charge in [-0.05, 0) is 30.0 Å². The third-order valence-electron chi connectivity index (χ3n) is 2.94. The van der Waals surface area contributed by atoms with Gasteiger partial charge in [-0.2, -0.15) is 0 Å². The molecule has 0 heterocycles. The standard InChI is InChI=1S/C16H22O3/c1-5-13(16(17)18-4)10-11-19-15-9-7-6-8-14(15)12(2)3/h6-10,12H,5,11H2,1-4H3. The lowest BCUT2D eigenvalue weighted by atomic mass is 10.0. The van der Waals surface area contributed by atoms with E-state index in [4.69, 9.17) is 9.47 Å². The van der Waals surface area contributed by atoms with Gasteiger partial charge < -0.3 is 9.47 Å². The number of methoxy groups -OCH3 is 1. The highest BCUT2D eigenvalue weighted by Crippen LogP contribution is 2.25. The summed E-state index contributed by atoms with van der Waals surface area (Å²) in [6, 6.07) is 7.97. The molecule has 0 amide bonds. The topological polar surface area (TPSA) is 35.5 Å². The van der Waals surface area contributed by atoms with Crippen LogP contribution in [0.1, 0.15) is 38.7 Å². The lowest BCUT2D eigenvalue weighted by Crippen LogP contribution is -2.06. The highest BCUT2D eigenvalue weighted by atomic mass is 16.5. The number of para-hydroxylation sites is 1. The van der Waals surface area contributed by atoms with Gasteiger partial charge in [0.25, 0.3) is 0 Å². The van der Waals surface area contributed by atoms with Crippen LogP contribution in [0.4, 0.5) is 0 Å². The minimum Gasteiger partial charge on any atom is -0.489 e. The van der Waals surface area contributed by atoms with E-state index in [1.54, 1.807) is 6.08 Å². The molecule has 0 aliphatic rings. The zero-order chi connectivity index (χ0) is 14.3. The Morgan fingerprint density at radius 1 is 1.32 bits per heavy atom. The van der Waals surface area contributed by atoms with Crippen LogP contribution in [-0.4, -0.2) is 19.7 Å². The molecule has 0 spiro atoms. The van der Waals surface area contributed by atoms with E-state index in [1.807, 2.05) is 25.1 Å². The molecule has 0 saturated carbocycles. The number of carbonyl (C=O) groups excluding carboxylic acids is 1. The van der Waals surface area contributed by atoms with E-state index in [2.05, 4.69) is 19.9 Å². The molecular weight excluding hydrogens is 240 g/mol. The van der Waals surface area contributed by atoms with Crippen LogP contribution in [-0.2, 0) is 9.53 Å². The molecule has 0 aliphatic carbocycles. The summed E-state index contributed by atoms with van der Waals surface area (Å²) >= 11 is 0. The molecular formula is C16H22O3. The van der Waals surface area contributed by atoms with Crippen molar-refractivity contribution in [3.8, 4) is 5.75 Å². The summed E-state index contributed by atoms with van der Waals surface area (Å²) < 4.78 is 10.4. The average molecular weight is 262 g/mol. The minimum atomic E-state index is -0.289. The van der Waals surface area contributed by atoms with Crippen LogP contribution < -0.4 is 4.74 Å². The maximum atomic E-state index is 11.4. The third kappa shape index (κ3) is 4.43. The van der Waals surface area contributed by atoms with Gasteiger partial charge in [-0.15, -0.1) is 0 Å². The summed E-state index contributed by atoms with van der Waals surface area (Å²) in [6.07, 6.45) is 2.42. The monoisotopic (exact) mass is 262 g/mol. The molecule has 0 unspecified atom stereocenters. The molecule has 0 bridgehead atoms. The smallest absolute Gasteiger partial charge is 0.333 e. The molecule has 0 atom stereocenters. The molecule has 3 nitrogen and oxygen atoms in total. The Balaban J connectivity index is 2.72. The predicted octanol–water partition coefficient (Wildman–Crippen LogP) is 3.70. The van der Waals surface area contributed by atoms with Gasteiger partial charge in [-0.3, -0.25) is 0 Å². The van der Waals surface area contributed by atoms with Crippen molar-refractivity contribution in [2.75, 3.05) is 13.7 Å². The van der Waals surface area contributed by atoms with Crippen molar-refractivity contribution >= 4 is 5.97 Å². The van der Waals surface area contributed by atoms with Crippen molar-refractivity contribution in [2.24, 2.45) is 0 Å². The first-order valence-corrected chi connectivity index (χ1v) is 6.59. The maximum Gasteiger partial charge on any atom is 0.333 e. The lowest BCUT2D eigenvalue weighted by Gasteiger charge is -2.13. The number of rotatable bonds is 6. The molecule has 3 heteroatoms. The summed E-state index contributed by atoms with van der Waals surface area (Å²) in [5, 5.41) is 0. The fourth-order valence-corrected chi connectivity index (χ4v) is 1.82. The van der Waals surface area contributed by atoms with Gasteiger partial charge in [-0.1, -0.05) is 39.0 Å². The van der Waals surface area contributed by atoms with Crippen LogP contribution >= 0.6 is 0 Å². The van der Waals surface area contributed by atoms with E-state index in [0.717, 1.165) is 5.75 Å². The highest BCUT2D eigenvalue weighted by molar-refractivity contribution is 5.88. The van der Waals surface area contributed by atoms with E-state index in [0.29, 0.717) is 24.5 Å². The number of benzene rings is 1. The molecule has 1 aromatic carbocycles. The highest BCUT2D eigenvalue weighted by Gasteiger charge is 2.08. The van der Waals surface area contributed by atoms with Crippen molar-refractivity contribution in [2.45, 2.75) is 33.1 Å². The van der Waals surface area contributed by atoms with E-state index in [-0.39, 0.29) is 5.97 Å². The molecule has 0 N–H and O–H groups in total. The largest absolute Gasteiger partial charge is 0.489 e. The Labute approximate surface area is 115 Å². The van der Waals surface area contributed by atoms with Gasteiger partial charge in [0.05, 0.1) is 7.11 Å². The fraction of sp³-hybridized carbons (Fsp3) is 0.438. The number of ether oxygens (including phenoxy) is 2. The Hall–Kier alpha value is -1.77. The Morgan fingerprint density at radius 2 is 2.00 bits per heavy atom. The van der Waals surface area contributed by atoms with Crippen LogP contribution in [0.25, 0.3) is 0 Å². The summed E-state index contributed by atoms with van der Waals surface area (Å²) in [6.45, 7) is 6.56. The average Bonchev–Trinajstić information content (AvgIpc) is 2.43.